The number of amides is 1. The molecule has 3 N–H and O–H groups in total. The number of nitrogens with one attached hydrogen (secondary N) is 1. The lowest BCUT2D eigenvalue weighted by atomic mass is 9.96. The fourth-order valence-corrected chi connectivity index (χ4v) is 2.03. The molecule has 1 rings (SSSR count). The Morgan fingerprint density at radius 3 is 2.93 bits per heavy atom. The second-order valence-corrected chi connectivity index (χ2v) is 4.51. The Morgan fingerprint density at radius 2 is 2.33 bits per heavy atom. The van der Waals surface area contributed by atoms with Crippen LogP contribution in [-0.4, -0.2) is 43.0 Å². The molecule has 0 aromatic heterocycles. The Kier molecular flexibility index (Phi) is 5.05. The van der Waals surface area contributed by atoms with E-state index in [1.807, 2.05) is 0 Å². The van der Waals surface area contributed by atoms with Gasteiger partial charge in [-0.05, 0) is 33.2 Å². The third-order valence-electron chi connectivity index (χ3n) is 3.00. The van der Waals surface area contributed by atoms with E-state index in [0.29, 0.717) is 19.1 Å². The molecule has 1 unspecified atom stereocenters. The minimum atomic E-state index is 0.160. The molecule has 4 nitrogen and oxygen atoms in total. The summed E-state index contributed by atoms with van der Waals surface area (Å²) in [6, 6.07) is 0.537. The SMILES string of the molecule is CC(C)N1CCCC(C(=O)NCCN)C1. The van der Waals surface area contributed by atoms with Crippen molar-refractivity contribution in [1.29, 1.82) is 0 Å². The molecule has 1 heterocycles. The molecule has 0 aliphatic carbocycles. The van der Waals surface area contributed by atoms with E-state index in [4.69, 9.17) is 5.73 Å². The quantitative estimate of drug-likeness (QED) is 0.700. The normalized spacial score (nSPS) is 23.1. The molecule has 1 saturated heterocycles. The summed E-state index contributed by atoms with van der Waals surface area (Å²) in [4.78, 5) is 14.1. The van der Waals surface area contributed by atoms with Gasteiger partial charge in [-0.1, -0.05) is 0 Å². The zero-order valence-corrected chi connectivity index (χ0v) is 9.83. The summed E-state index contributed by atoms with van der Waals surface area (Å²) in [6.45, 7) is 7.50. The highest BCUT2D eigenvalue weighted by atomic mass is 16.1. The van der Waals surface area contributed by atoms with Gasteiger partial charge in [-0.2, -0.15) is 0 Å². The van der Waals surface area contributed by atoms with Gasteiger partial charge in [0, 0.05) is 25.7 Å². The largest absolute Gasteiger partial charge is 0.355 e. The van der Waals surface area contributed by atoms with Gasteiger partial charge >= 0.3 is 0 Å². The van der Waals surface area contributed by atoms with E-state index < -0.39 is 0 Å². The van der Waals surface area contributed by atoms with Gasteiger partial charge in [0.1, 0.15) is 0 Å². The van der Waals surface area contributed by atoms with E-state index in [9.17, 15) is 4.79 Å². The van der Waals surface area contributed by atoms with Crippen LogP contribution in [0.1, 0.15) is 26.7 Å². The number of likely N-dealkylation sites (tertiary alicyclic amines) is 1. The standard InChI is InChI=1S/C11H23N3O/c1-9(2)14-7-3-4-10(8-14)11(15)13-6-5-12/h9-10H,3-8,12H2,1-2H3,(H,13,15). The van der Waals surface area contributed by atoms with Crippen molar-refractivity contribution in [2.75, 3.05) is 26.2 Å². The lowest BCUT2D eigenvalue weighted by Gasteiger charge is -2.34. The fraction of sp³-hybridized carbons (Fsp3) is 0.909. The molecular weight excluding hydrogens is 190 g/mol. The van der Waals surface area contributed by atoms with Crippen molar-refractivity contribution in [2.45, 2.75) is 32.7 Å². The van der Waals surface area contributed by atoms with Crippen molar-refractivity contribution in [3.8, 4) is 0 Å². The number of hydrogen-bond donors (Lipinski definition) is 2. The fourth-order valence-electron chi connectivity index (χ4n) is 2.03. The van der Waals surface area contributed by atoms with Crippen LogP contribution >= 0.6 is 0 Å². The van der Waals surface area contributed by atoms with Gasteiger partial charge in [0.05, 0.1) is 5.92 Å². The molecule has 0 spiro atoms. The Bertz CT molecular complexity index is 206. The Hall–Kier alpha value is -0.610. The van der Waals surface area contributed by atoms with Crippen molar-refractivity contribution in [3.63, 3.8) is 0 Å². The minimum Gasteiger partial charge on any atom is -0.355 e. The molecule has 4 heteroatoms. The van der Waals surface area contributed by atoms with Gasteiger partial charge in [0.2, 0.25) is 5.91 Å². The summed E-state index contributed by atoms with van der Waals surface area (Å²) in [5.41, 5.74) is 5.36. The van der Waals surface area contributed by atoms with Crippen molar-refractivity contribution in [1.82, 2.24) is 10.2 Å². The molecule has 1 amide bonds. The van der Waals surface area contributed by atoms with Crippen molar-refractivity contribution in [2.24, 2.45) is 11.7 Å². The molecule has 15 heavy (non-hydrogen) atoms. The van der Waals surface area contributed by atoms with Crippen LogP contribution in [0.4, 0.5) is 0 Å². The lowest BCUT2D eigenvalue weighted by Crippen LogP contribution is -2.46. The first-order valence-corrected chi connectivity index (χ1v) is 5.87. The van der Waals surface area contributed by atoms with Crippen LogP contribution in [0.15, 0.2) is 0 Å². The molecule has 0 radical (unpaired) electrons. The van der Waals surface area contributed by atoms with E-state index in [-0.39, 0.29) is 11.8 Å². The monoisotopic (exact) mass is 213 g/mol. The van der Waals surface area contributed by atoms with Crippen LogP contribution in [-0.2, 0) is 4.79 Å². The Morgan fingerprint density at radius 1 is 1.60 bits per heavy atom. The number of hydrogen-bond acceptors (Lipinski definition) is 3. The highest BCUT2D eigenvalue weighted by molar-refractivity contribution is 5.78. The van der Waals surface area contributed by atoms with Crippen molar-refractivity contribution >= 4 is 5.91 Å². The first kappa shape index (κ1) is 12.5. The predicted octanol–water partition coefficient (Wildman–Crippen LogP) is 0.182. The molecule has 0 bridgehead atoms. The van der Waals surface area contributed by atoms with E-state index in [1.165, 1.54) is 0 Å². The van der Waals surface area contributed by atoms with Gasteiger partial charge in [0.15, 0.2) is 0 Å². The molecule has 1 aliphatic heterocycles. The maximum Gasteiger partial charge on any atom is 0.224 e. The van der Waals surface area contributed by atoms with Gasteiger partial charge in [-0.3, -0.25) is 4.79 Å². The van der Waals surface area contributed by atoms with Crippen LogP contribution in [0.25, 0.3) is 0 Å². The minimum absolute atomic E-state index is 0.160. The molecule has 1 aliphatic rings. The third kappa shape index (κ3) is 3.80. The number of piperidine rings is 1. The molecule has 0 aromatic carbocycles. The van der Waals surface area contributed by atoms with Gasteiger partial charge in [-0.15, -0.1) is 0 Å². The third-order valence-corrected chi connectivity index (χ3v) is 3.00. The maximum absolute atomic E-state index is 11.7. The maximum atomic E-state index is 11.7. The van der Waals surface area contributed by atoms with Gasteiger partial charge in [-0.25, -0.2) is 0 Å². The molecule has 1 atom stereocenters. The van der Waals surface area contributed by atoms with Crippen LogP contribution in [0.2, 0.25) is 0 Å². The zero-order chi connectivity index (χ0) is 11.3. The second-order valence-electron chi connectivity index (χ2n) is 4.51. The predicted molar refractivity (Wildman–Crippen MR) is 61.5 cm³/mol. The summed E-state index contributed by atoms with van der Waals surface area (Å²) >= 11 is 0. The van der Waals surface area contributed by atoms with Gasteiger partial charge < -0.3 is 16.0 Å². The highest BCUT2D eigenvalue weighted by Gasteiger charge is 2.26. The van der Waals surface area contributed by atoms with Crippen molar-refractivity contribution < 1.29 is 4.79 Å². The Labute approximate surface area is 92.2 Å². The smallest absolute Gasteiger partial charge is 0.224 e. The average molecular weight is 213 g/mol. The lowest BCUT2D eigenvalue weighted by molar-refractivity contribution is -0.126. The Balaban J connectivity index is 2.38. The van der Waals surface area contributed by atoms with Gasteiger partial charge in [0.25, 0.3) is 0 Å². The summed E-state index contributed by atoms with van der Waals surface area (Å²) < 4.78 is 0. The number of nitrogens with zero attached hydrogens (tertiary/aromatic N) is 1. The number of carbonyl (C=O) groups excluding carboxylic acids is 1. The number of carbonyl (C=O) groups is 1. The van der Waals surface area contributed by atoms with E-state index in [1.54, 1.807) is 0 Å². The summed E-state index contributed by atoms with van der Waals surface area (Å²) in [5, 5.41) is 2.87. The first-order valence-electron chi connectivity index (χ1n) is 5.87. The topological polar surface area (TPSA) is 58.4 Å². The average Bonchev–Trinajstić information content (AvgIpc) is 2.26. The van der Waals surface area contributed by atoms with E-state index >= 15 is 0 Å². The van der Waals surface area contributed by atoms with Crippen LogP contribution < -0.4 is 11.1 Å². The summed E-state index contributed by atoms with van der Waals surface area (Å²) in [6.07, 6.45) is 2.14. The molecule has 88 valence electrons. The van der Waals surface area contributed by atoms with Crippen molar-refractivity contribution in [3.05, 3.63) is 0 Å². The van der Waals surface area contributed by atoms with Crippen LogP contribution in [0, 0.1) is 5.92 Å². The molecule has 0 aromatic rings. The highest BCUT2D eigenvalue weighted by Crippen LogP contribution is 2.18. The van der Waals surface area contributed by atoms with E-state index in [2.05, 4.69) is 24.1 Å². The number of rotatable bonds is 4. The number of nitrogens with two attached hydrogens (primary N) is 1. The second kappa shape index (κ2) is 6.08. The van der Waals surface area contributed by atoms with E-state index in [0.717, 1.165) is 25.9 Å². The molecular formula is C11H23N3O. The van der Waals surface area contributed by atoms with Crippen LogP contribution in [0.5, 0.6) is 0 Å². The zero-order valence-electron chi connectivity index (χ0n) is 9.83. The summed E-state index contributed by atoms with van der Waals surface area (Å²) in [7, 11) is 0. The summed E-state index contributed by atoms with van der Waals surface area (Å²) in [5.74, 6) is 0.332. The van der Waals surface area contributed by atoms with Crippen LogP contribution in [0.3, 0.4) is 0 Å². The molecule has 1 fully saturated rings. The molecule has 0 saturated carbocycles. The first-order chi connectivity index (χ1) is 7.15.